The van der Waals surface area contributed by atoms with E-state index in [-0.39, 0.29) is 6.10 Å². The van der Waals surface area contributed by atoms with Gasteiger partial charge in [-0.05, 0) is 43.2 Å². The number of thioether (sulfide) groups is 1. The minimum Gasteiger partial charge on any atom is -0.355 e. The molecule has 1 fully saturated rings. The molecule has 1 atom stereocenters. The van der Waals surface area contributed by atoms with Gasteiger partial charge in [0, 0.05) is 28.7 Å². The molecular weight excluding hydrogens is 384 g/mol. The van der Waals surface area contributed by atoms with Crippen molar-refractivity contribution in [3.05, 3.63) is 53.3 Å². The van der Waals surface area contributed by atoms with Gasteiger partial charge in [-0.3, -0.25) is 9.55 Å². The number of pyridine rings is 1. The molecule has 3 heterocycles. The normalized spacial score (nSPS) is 17.2. The predicted molar refractivity (Wildman–Crippen MR) is 105 cm³/mol. The second-order valence-electron chi connectivity index (χ2n) is 6.18. The van der Waals surface area contributed by atoms with Crippen LogP contribution in [0.2, 0.25) is 5.02 Å². The molecule has 0 radical (unpaired) electrons. The number of hydrogen-bond donors (Lipinski definition) is 0. The first kappa shape index (κ1) is 18.4. The Hall–Kier alpha value is -1.93. The van der Waals surface area contributed by atoms with Crippen molar-refractivity contribution in [2.45, 2.75) is 24.6 Å². The number of ether oxygens (including phenoxy) is 2. The van der Waals surface area contributed by atoms with Crippen molar-refractivity contribution in [3.63, 3.8) is 0 Å². The molecule has 1 saturated heterocycles. The average molecular weight is 403 g/mol. The highest BCUT2D eigenvalue weighted by atomic mass is 35.5. The number of nitrogens with zero attached hydrogens (tertiary/aromatic N) is 4. The summed E-state index contributed by atoms with van der Waals surface area (Å²) in [4.78, 5) is 4.10. The van der Waals surface area contributed by atoms with Crippen molar-refractivity contribution in [3.8, 4) is 17.1 Å². The Labute approximate surface area is 166 Å². The molecule has 4 rings (SSSR count). The third kappa shape index (κ3) is 4.01. The molecule has 0 spiro atoms. The second-order valence-corrected chi connectivity index (χ2v) is 7.57. The summed E-state index contributed by atoms with van der Waals surface area (Å²) < 4.78 is 13.0. The summed E-state index contributed by atoms with van der Waals surface area (Å²) in [6.07, 6.45) is 4.54. The molecular formula is C19H19ClN4O2S. The Morgan fingerprint density at radius 3 is 2.85 bits per heavy atom. The summed E-state index contributed by atoms with van der Waals surface area (Å²) in [5.41, 5.74) is 2.90. The quantitative estimate of drug-likeness (QED) is 0.597. The summed E-state index contributed by atoms with van der Waals surface area (Å²) >= 11 is 8.00. The molecule has 2 aromatic heterocycles. The van der Waals surface area contributed by atoms with E-state index in [1.54, 1.807) is 24.2 Å². The third-order valence-electron chi connectivity index (χ3n) is 4.42. The van der Waals surface area contributed by atoms with Gasteiger partial charge in [0.2, 0.25) is 0 Å². The molecule has 0 bridgehead atoms. The maximum absolute atomic E-state index is 6.38. The first-order valence-electron chi connectivity index (χ1n) is 8.67. The number of rotatable bonds is 5. The predicted octanol–water partition coefficient (Wildman–Crippen LogP) is 4.15. The van der Waals surface area contributed by atoms with Crippen LogP contribution >= 0.6 is 23.4 Å². The average Bonchev–Trinajstić information content (AvgIpc) is 3.14. The van der Waals surface area contributed by atoms with Crippen LogP contribution in [-0.4, -0.2) is 45.0 Å². The van der Waals surface area contributed by atoms with Gasteiger partial charge in [0.15, 0.2) is 11.0 Å². The van der Waals surface area contributed by atoms with Crippen molar-refractivity contribution in [1.82, 2.24) is 19.7 Å². The lowest BCUT2D eigenvalue weighted by Gasteiger charge is -2.22. The first-order chi connectivity index (χ1) is 13.2. The van der Waals surface area contributed by atoms with Crippen LogP contribution in [0.3, 0.4) is 0 Å². The molecule has 1 aromatic carbocycles. The van der Waals surface area contributed by atoms with Crippen molar-refractivity contribution in [2.75, 3.05) is 19.2 Å². The topological polar surface area (TPSA) is 62.1 Å². The zero-order valence-corrected chi connectivity index (χ0v) is 16.4. The SMILES string of the molecule is Cc1c(Cl)cccc1-n1c(SC[C@@H]2CCOCO2)nnc1-c1ccncc1. The lowest BCUT2D eigenvalue weighted by Crippen LogP contribution is -2.25. The zero-order valence-electron chi connectivity index (χ0n) is 14.8. The molecule has 0 N–H and O–H groups in total. The van der Waals surface area contributed by atoms with Crippen molar-refractivity contribution < 1.29 is 9.47 Å². The van der Waals surface area contributed by atoms with Crippen LogP contribution in [0.15, 0.2) is 47.9 Å². The highest BCUT2D eigenvalue weighted by molar-refractivity contribution is 7.99. The van der Waals surface area contributed by atoms with Gasteiger partial charge in [0.25, 0.3) is 0 Å². The van der Waals surface area contributed by atoms with Crippen molar-refractivity contribution in [2.24, 2.45) is 0 Å². The number of hydrogen-bond acceptors (Lipinski definition) is 6. The highest BCUT2D eigenvalue weighted by Crippen LogP contribution is 2.32. The van der Waals surface area contributed by atoms with Gasteiger partial charge < -0.3 is 9.47 Å². The molecule has 0 amide bonds. The molecule has 6 nitrogen and oxygen atoms in total. The first-order valence-corrected chi connectivity index (χ1v) is 10.0. The highest BCUT2D eigenvalue weighted by Gasteiger charge is 2.21. The molecule has 1 aliphatic heterocycles. The van der Waals surface area contributed by atoms with Crippen LogP contribution in [-0.2, 0) is 9.47 Å². The molecule has 140 valence electrons. The molecule has 1 aliphatic rings. The van der Waals surface area contributed by atoms with Gasteiger partial charge >= 0.3 is 0 Å². The lowest BCUT2D eigenvalue weighted by atomic mass is 10.2. The second kappa shape index (κ2) is 8.39. The fourth-order valence-electron chi connectivity index (χ4n) is 2.91. The van der Waals surface area contributed by atoms with Gasteiger partial charge in [-0.1, -0.05) is 29.4 Å². The summed E-state index contributed by atoms with van der Waals surface area (Å²) in [7, 11) is 0. The van der Waals surface area contributed by atoms with E-state index < -0.39 is 0 Å². The van der Waals surface area contributed by atoms with Crippen LogP contribution in [0.1, 0.15) is 12.0 Å². The Bertz CT molecular complexity index is 913. The molecule has 3 aromatic rings. The maximum atomic E-state index is 6.38. The molecule has 8 heteroatoms. The fourth-order valence-corrected chi connectivity index (χ4v) is 4.09. The van der Waals surface area contributed by atoms with E-state index in [2.05, 4.69) is 19.7 Å². The number of aromatic nitrogens is 4. The van der Waals surface area contributed by atoms with Gasteiger partial charge in [-0.25, -0.2) is 0 Å². The number of benzene rings is 1. The Balaban J connectivity index is 1.73. The van der Waals surface area contributed by atoms with Gasteiger partial charge in [0.05, 0.1) is 18.4 Å². The Kier molecular flexibility index (Phi) is 5.73. The summed E-state index contributed by atoms with van der Waals surface area (Å²) in [6, 6.07) is 9.72. The minimum absolute atomic E-state index is 0.152. The molecule has 0 saturated carbocycles. The van der Waals surface area contributed by atoms with Crippen LogP contribution in [0.25, 0.3) is 17.1 Å². The van der Waals surface area contributed by atoms with E-state index in [9.17, 15) is 0 Å². The summed E-state index contributed by atoms with van der Waals surface area (Å²) in [6.45, 7) is 3.09. The largest absolute Gasteiger partial charge is 0.355 e. The zero-order chi connectivity index (χ0) is 18.6. The summed E-state index contributed by atoms with van der Waals surface area (Å²) in [5.74, 6) is 1.55. The minimum atomic E-state index is 0.152. The van der Waals surface area contributed by atoms with Crippen molar-refractivity contribution in [1.29, 1.82) is 0 Å². The van der Waals surface area contributed by atoms with E-state index in [1.165, 1.54) is 0 Å². The molecule has 0 aliphatic carbocycles. The third-order valence-corrected chi connectivity index (χ3v) is 5.89. The Morgan fingerprint density at radius 2 is 2.07 bits per heavy atom. The maximum Gasteiger partial charge on any atom is 0.196 e. The van der Waals surface area contributed by atoms with Gasteiger partial charge in [-0.15, -0.1) is 10.2 Å². The van der Waals surface area contributed by atoms with Crippen LogP contribution in [0.4, 0.5) is 0 Å². The smallest absolute Gasteiger partial charge is 0.196 e. The van der Waals surface area contributed by atoms with Crippen molar-refractivity contribution >= 4 is 23.4 Å². The number of halogens is 1. The molecule has 0 unspecified atom stereocenters. The van der Waals surface area contributed by atoms with E-state index in [1.807, 2.05) is 37.3 Å². The fraction of sp³-hybridized carbons (Fsp3) is 0.316. The van der Waals surface area contributed by atoms with E-state index in [4.69, 9.17) is 21.1 Å². The molecule has 27 heavy (non-hydrogen) atoms. The standard InChI is InChI=1S/C19H19ClN4O2S/c1-13-16(20)3-2-4-17(13)24-18(14-5-8-21-9-6-14)22-23-19(24)27-11-15-7-10-25-12-26-15/h2-6,8-9,15H,7,10-12H2,1H3/t15-/m0/s1. The van der Waals surface area contributed by atoms with Crippen LogP contribution in [0, 0.1) is 6.92 Å². The van der Waals surface area contributed by atoms with E-state index in [0.29, 0.717) is 11.8 Å². The lowest BCUT2D eigenvalue weighted by molar-refractivity contribution is -0.130. The Morgan fingerprint density at radius 1 is 1.22 bits per heavy atom. The van der Waals surface area contributed by atoms with E-state index >= 15 is 0 Å². The monoisotopic (exact) mass is 402 g/mol. The summed E-state index contributed by atoms with van der Waals surface area (Å²) in [5, 5.41) is 10.4. The van der Waals surface area contributed by atoms with Gasteiger partial charge in [0.1, 0.15) is 6.79 Å². The van der Waals surface area contributed by atoms with Crippen LogP contribution < -0.4 is 0 Å². The van der Waals surface area contributed by atoms with Crippen LogP contribution in [0.5, 0.6) is 0 Å². The van der Waals surface area contributed by atoms with E-state index in [0.717, 1.165) is 46.6 Å². The van der Waals surface area contributed by atoms with Gasteiger partial charge in [-0.2, -0.15) is 0 Å².